The topological polar surface area (TPSA) is 8.17 Å². The molecule has 0 amide bonds. The van der Waals surface area contributed by atoms with Crippen LogP contribution in [0, 0.1) is 0 Å². The number of allylic oxidation sites excluding steroid dienone is 4. The van der Waals surface area contributed by atoms with Crippen LogP contribution in [-0.4, -0.2) is 4.57 Å². The number of hydrogen-bond acceptors (Lipinski definition) is 1. The first kappa shape index (κ1) is 43.0. The molecule has 328 valence electrons. The van der Waals surface area contributed by atoms with Crippen molar-refractivity contribution in [1.82, 2.24) is 4.57 Å². The van der Waals surface area contributed by atoms with Crippen LogP contribution >= 0.6 is 0 Å². The van der Waals surface area contributed by atoms with Gasteiger partial charge in [0.1, 0.15) is 0 Å². The number of benzene rings is 8. The van der Waals surface area contributed by atoms with Crippen LogP contribution in [0.15, 0.2) is 188 Å². The summed E-state index contributed by atoms with van der Waals surface area (Å²) in [6.07, 6.45) is 9.11. The molecular formula is C64H62N2. The maximum Gasteiger partial charge on any atom is 0.0547 e. The molecule has 0 bridgehead atoms. The summed E-state index contributed by atoms with van der Waals surface area (Å²) >= 11 is 0. The van der Waals surface area contributed by atoms with E-state index in [0.29, 0.717) is 0 Å². The zero-order valence-corrected chi connectivity index (χ0v) is 40.2. The van der Waals surface area contributed by atoms with E-state index in [1.807, 2.05) is 0 Å². The third-order valence-electron chi connectivity index (χ3n) is 13.7. The molecule has 2 nitrogen and oxygen atoms in total. The van der Waals surface area contributed by atoms with Gasteiger partial charge in [0.2, 0.25) is 0 Å². The molecule has 0 spiro atoms. The van der Waals surface area contributed by atoms with Crippen LogP contribution in [0.5, 0.6) is 0 Å². The van der Waals surface area contributed by atoms with Crippen molar-refractivity contribution in [2.75, 3.05) is 4.90 Å². The Labute approximate surface area is 392 Å². The minimum atomic E-state index is 0.00432. The Bertz CT molecular complexity index is 3290. The van der Waals surface area contributed by atoms with Crippen molar-refractivity contribution in [3.63, 3.8) is 0 Å². The maximum atomic E-state index is 2.46. The summed E-state index contributed by atoms with van der Waals surface area (Å²) in [5, 5.41) is 5.06. The molecule has 0 N–H and O–H groups in total. The van der Waals surface area contributed by atoms with Crippen LogP contribution < -0.4 is 4.90 Å². The average Bonchev–Trinajstić information content (AvgIpc) is 3.66. The Kier molecular flexibility index (Phi) is 10.8. The first-order chi connectivity index (χ1) is 31.6. The van der Waals surface area contributed by atoms with Gasteiger partial charge in [0.15, 0.2) is 0 Å². The van der Waals surface area contributed by atoms with E-state index in [9.17, 15) is 0 Å². The van der Waals surface area contributed by atoms with E-state index in [0.717, 1.165) is 29.9 Å². The molecular weight excluding hydrogens is 797 g/mol. The fraction of sp³-hybridized carbons (Fsp3) is 0.219. The molecule has 66 heavy (non-hydrogen) atoms. The largest absolute Gasteiger partial charge is 0.310 e. The van der Waals surface area contributed by atoms with Gasteiger partial charge in [-0.2, -0.15) is 0 Å². The summed E-state index contributed by atoms with van der Waals surface area (Å²) < 4.78 is 2.45. The molecule has 0 saturated carbocycles. The molecule has 0 atom stereocenters. The van der Waals surface area contributed by atoms with Crippen molar-refractivity contribution in [1.29, 1.82) is 0 Å². The van der Waals surface area contributed by atoms with Gasteiger partial charge in [0.25, 0.3) is 0 Å². The number of nitrogens with zero attached hydrogens (tertiary/aromatic N) is 2. The Balaban J connectivity index is 1.15. The predicted octanol–water partition coefficient (Wildman–Crippen LogP) is 18.5. The lowest BCUT2D eigenvalue weighted by Crippen LogP contribution is -2.16. The molecule has 9 aromatic rings. The van der Waals surface area contributed by atoms with E-state index < -0.39 is 0 Å². The summed E-state index contributed by atoms with van der Waals surface area (Å²) in [5.41, 5.74) is 18.5. The van der Waals surface area contributed by atoms with Gasteiger partial charge in [-0.1, -0.05) is 202 Å². The van der Waals surface area contributed by atoms with Crippen molar-refractivity contribution >= 4 is 55.3 Å². The molecule has 0 aliphatic heterocycles. The maximum absolute atomic E-state index is 2.46. The van der Waals surface area contributed by atoms with Crippen molar-refractivity contribution < 1.29 is 0 Å². The van der Waals surface area contributed by atoms with E-state index in [4.69, 9.17) is 0 Å². The van der Waals surface area contributed by atoms with Crippen LogP contribution in [0.25, 0.3) is 71.7 Å². The molecule has 0 unspecified atom stereocenters. The fourth-order valence-electron chi connectivity index (χ4n) is 9.98. The van der Waals surface area contributed by atoms with Gasteiger partial charge in [-0.3, -0.25) is 0 Å². The van der Waals surface area contributed by atoms with Crippen molar-refractivity contribution in [3.05, 3.63) is 205 Å². The van der Waals surface area contributed by atoms with Gasteiger partial charge in [0.05, 0.1) is 16.7 Å². The van der Waals surface area contributed by atoms with Crippen LogP contribution in [0.1, 0.15) is 91.8 Å². The van der Waals surface area contributed by atoms with Crippen molar-refractivity contribution in [3.8, 4) is 33.4 Å². The standard InChI is InChI=1S/C64H62N2/c1-62(2,3)46-34-38-51(39-35-46)65(50-36-32-43(33-37-50)52-27-19-31-59-61(52)56-25-14-16-30-58(56)66(59)49-22-11-10-12-23-49)57-29-15-13-24-54(57)55-28-18-21-44-20-17-26-53(60(44)55)45-40-47(63(4,5)6)42-48(41-45)64(7,8)9/h11,13-42H,10,12H2,1-9H3. The number of fused-ring (bicyclic) bond motifs is 4. The number of anilines is 3. The SMILES string of the molecule is CC(C)(C)c1ccc(N(c2ccc(-c3cccc4c3c3ccccc3n4C3=CCCC=C3)cc2)c2ccccc2-c2cccc3cccc(-c4cc(C(C)(C)C)cc(C(C)(C)C)c4)c23)cc1. The third kappa shape index (κ3) is 7.87. The summed E-state index contributed by atoms with van der Waals surface area (Å²) in [6.45, 7) is 20.8. The highest BCUT2D eigenvalue weighted by molar-refractivity contribution is 6.17. The highest BCUT2D eigenvalue weighted by Gasteiger charge is 2.25. The Hall–Kier alpha value is -6.90. The quantitative estimate of drug-likeness (QED) is 0.155. The zero-order valence-electron chi connectivity index (χ0n) is 40.2. The highest BCUT2D eigenvalue weighted by Crippen LogP contribution is 2.47. The number of aromatic nitrogens is 1. The Morgan fingerprint density at radius 3 is 1.61 bits per heavy atom. The van der Waals surface area contributed by atoms with Crippen LogP contribution in [-0.2, 0) is 16.2 Å². The highest BCUT2D eigenvalue weighted by atomic mass is 15.1. The molecule has 1 heterocycles. The summed E-state index contributed by atoms with van der Waals surface area (Å²) in [4.78, 5) is 2.46. The predicted molar refractivity (Wildman–Crippen MR) is 287 cm³/mol. The molecule has 0 saturated heterocycles. The minimum absolute atomic E-state index is 0.00432. The first-order valence-corrected chi connectivity index (χ1v) is 23.8. The van der Waals surface area contributed by atoms with E-state index in [1.165, 1.54) is 88.3 Å². The normalized spacial score (nSPS) is 13.4. The lowest BCUT2D eigenvalue weighted by Gasteiger charge is -2.29. The fourth-order valence-corrected chi connectivity index (χ4v) is 9.98. The van der Waals surface area contributed by atoms with E-state index in [2.05, 4.69) is 260 Å². The van der Waals surface area contributed by atoms with Gasteiger partial charge in [-0.15, -0.1) is 0 Å². The number of rotatable bonds is 7. The van der Waals surface area contributed by atoms with Gasteiger partial charge in [-0.25, -0.2) is 0 Å². The summed E-state index contributed by atoms with van der Waals surface area (Å²) in [5.74, 6) is 0. The smallest absolute Gasteiger partial charge is 0.0547 e. The Morgan fingerprint density at radius 1 is 0.424 bits per heavy atom. The Morgan fingerprint density at radius 2 is 0.970 bits per heavy atom. The second-order valence-electron chi connectivity index (χ2n) is 21.4. The average molecular weight is 859 g/mol. The van der Waals surface area contributed by atoms with Crippen molar-refractivity contribution in [2.45, 2.75) is 91.4 Å². The molecule has 2 heteroatoms. The zero-order chi connectivity index (χ0) is 46.0. The third-order valence-corrected chi connectivity index (χ3v) is 13.7. The van der Waals surface area contributed by atoms with Gasteiger partial charge < -0.3 is 9.47 Å². The van der Waals surface area contributed by atoms with Crippen molar-refractivity contribution in [2.24, 2.45) is 0 Å². The van der Waals surface area contributed by atoms with E-state index >= 15 is 0 Å². The van der Waals surface area contributed by atoms with Crippen LogP contribution in [0.4, 0.5) is 17.1 Å². The summed E-state index contributed by atoms with van der Waals surface area (Å²) in [6, 6.07) is 64.0. The van der Waals surface area contributed by atoms with E-state index in [1.54, 1.807) is 0 Å². The van der Waals surface area contributed by atoms with Crippen LogP contribution in [0.2, 0.25) is 0 Å². The number of para-hydroxylation sites is 2. The van der Waals surface area contributed by atoms with Gasteiger partial charge in [-0.05, 0) is 133 Å². The molecule has 1 aromatic heterocycles. The lowest BCUT2D eigenvalue weighted by molar-refractivity contribution is 0.569. The second-order valence-corrected chi connectivity index (χ2v) is 21.4. The molecule has 10 rings (SSSR count). The van der Waals surface area contributed by atoms with Crippen LogP contribution in [0.3, 0.4) is 0 Å². The van der Waals surface area contributed by atoms with E-state index in [-0.39, 0.29) is 16.2 Å². The van der Waals surface area contributed by atoms with Gasteiger partial charge in [0, 0.05) is 33.4 Å². The molecule has 0 radical (unpaired) electrons. The molecule has 0 fully saturated rings. The second kappa shape index (κ2) is 16.5. The minimum Gasteiger partial charge on any atom is -0.310 e. The molecule has 1 aliphatic rings. The first-order valence-electron chi connectivity index (χ1n) is 23.8. The molecule has 8 aromatic carbocycles. The summed E-state index contributed by atoms with van der Waals surface area (Å²) in [7, 11) is 0. The van der Waals surface area contributed by atoms with Gasteiger partial charge >= 0.3 is 0 Å². The molecule has 1 aliphatic carbocycles. The number of hydrogen-bond donors (Lipinski definition) is 0. The lowest BCUT2D eigenvalue weighted by atomic mass is 9.78. The monoisotopic (exact) mass is 858 g/mol.